The lowest BCUT2D eigenvalue weighted by atomic mass is 10.1. The average Bonchev–Trinajstić information content (AvgIpc) is 3.27. The van der Waals surface area contributed by atoms with Crippen molar-refractivity contribution in [3.8, 4) is 10.4 Å². The second kappa shape index (κ2) is 6.36. The molecule has 2 aromatic rings. The molecule has 22 heavy (non-hydrogen) atoms. The van der Waals surface area contributed by atoms with E-state index in [0.29, 0.717) is 29.8 Å². The van der Waals surface area contributed by atoms with Crippen molar-refractivity contribution < 1.29 is 4.79 Å². The molecule has 1 aromatic carbocycles. The van der Waals surface area contributed by atoms with Crippen LogP contribution >= 0.6 is 22.9 Å². The maximum absolute atomic E-state index is 12.9. The minimum absolute atomic E-state index is 0.0118. The van der Waals surface area contributed by atoms with Crippen LogP contribution in [-0.2, 0) is 0 Å². The van der Waals surface area contributed by atoms with Gasteiger partial charge in [-0.05, 0) is 37.5 Å². The van der Waals surface area contributed by atoms with Crippen LogP contribution < -0.4 is 5.73 Å². The summed E-state index contributed by atoms with van der Waals surface area (Å²) in [5.41, 5.74) is 7.16. The fourth-order valence-electron chi connectivity index (χ4n) is 2.48. The lowest BCUT2D eigenvalue weighted by molar-refractivity contribution is 0.0743. The molecular weight excluding hydrogens is 318 g/mol. The number of benzene rings is 1. The van der Waals surface area contributed by atoms with Crippen molar-refractivity contribution in [1.82, 2.24) is 9.88 Å². The number of hydrogen-bond donors (Lipinski definition) is 1. The number of aryl methyl sites for hydroxylation is 1. The van der Waals surface area contributed by atoms with Gasteiger partial charge in [-0.2, -0.15) is 0 Å². The van der Waals surface area contributed by atoms with Crippen LogP contribution in [0.3, 0.4) is 0 Å². The SMILES string of the molecule is Cc1nc(C(=O)N(CCN)C2CC2)c(-c2ccc(Cl)cc2)s1. The molecule has 0 atom stereocenters. The van der Waals surface area contributed by atoms with Crippen molar-refractivity contribution in [2.75, 3.05) is 13.1 Å². The zero-order chi connectivity index (χ0) is 15.7. The van der Waals surface area contributed by atoms with E-state index in [0.717, 1.165) is 28.3 Å². The molecular formula is C16H18ClN3OS. The highest BCUT2D eigenvalue weighted by molar-refractivity contribution is 7.15. The Labute approximate surface area is 138 Å². The molecule has 2 N–H and O–H groups in total. The molecule has 1 aliphatic carbocycles. The Kier molecular flexibility index (Phi) is 4.47. The molecule has 0 spiro atoms. The van der Waals surface area contributed by atoms with E-state index in [1.807, 2.05) is 36.1 Å². The summed E-state index contributed by atoms with van der Waals surface area (Å²) in [5.74, 6) is -0.0118. The smallest absolute Gasteiger partial charge is 0.274 e. The van der Waals surface area contributed by atoms with Crippen molar-refractivity contribution in [2.45, 2.75) is 25.8 Å². The summed E-state index contributed by atoms with van der Waals surface area (Å²) >= 11 is 7.48. The van der Waals surface area contributed by atoms with Gasteiger partial charge in [-0.3, -0.25) is 4.79 Å². The maximum Gasteiger partial charge on any atom is 0.274 e. The van der Waals surface area contributed by atoms with Crippen molar-refractivity contribution in [3.63, 3.8) is 0 Å². The molecule has 0 radical (unpaired) electrons. The Hall–Kier alpha value is -1.43. The predicted octanol–water partition coefficient (Wildman–Crippen LogP) is 3.34. The van der Waals surface area contributed by atoms with Crippen molar-refractivity contribution in [3.05, 3.63) is 40.0 Å². The lowest BCUT2D eigenvalue weighted by Gasteiger charge is -2.21. The van der Waals surface area contributed by atoms with Gasteiger partial charge in [0, 0.05) is 24.2 Å². The Balaban J connectivity index is 1.96. The van der Waals surface area contributed by atoms with E-state index in [4.69, 9.17) is 17.3 Å². The minimum atomic E-state index is -0.0118. The highest BCUT2D eigenvalue weighted by atomic mass is 35.5. The third-order valence-corrected chi connectivity index (χ3v) is 4.93. The second-order valence-electron chi connectivity index (χ2n) is 5.44. The summed E-state index contributed by atoms with van der Waals surface area (Å²) in [4.78, 5) is 20.1. The van der Waals surface area contributed by atoms with Crippen LogP contribution in [0.1, 0.15) is 28.3 Å². The monoisotopic (exact) mass is 335 g/mol. The molecule has 0 unspecified atom stereocenters. The number of carbonyl (C=O) groups is 1. The van der Waals surface area contributed by atoms with Crippen LogP contribution in [0.2, 0.25) is 5.02 Å². The van der Waals surface area contributed by atoms with Gasteiger partial charge in [-0.1, -0.05) is 23.7 Å². The third-order valence-electron chi connectivity index (χ3n) is 3.66. The minimum Gasteiger partial charge on any atom is -0.333 e. The normalized spacial score (nSPS) is 14.1. The number of amides is 1. The molecule has 1 fully saturated rings. The standard InChI is InChI=1S/C16H18ClN3OS/c1-10-19-14(16(21)20(9-8-18)13-6-7-13)15(22-10)11-2-4-12(17)5-3-11/h2-5,13H,6-9,18H2,1H3. The molecule has 6 heteroatoms. The molecule has 1 aliphatic rings. The van der Waals surface area contributed by atoms with Crippen LogP contribution in [-0.4, -0.2) is 34.9 Å². The highest BCUT2D eigenvalue weighted by Gasteiger charge is 2.34. The van der Waals surface area contributed by atoms with E-state index in [-0.39, 0.29) is 5.91 Å². The maximum atomic E-state index is 12.9. The first-order chi connectivity index (χ1) is 10.6. The van der Waals surface area contributed by atoms with Crippen LogP contribution in [0.4, 0.5) is 0 Å². The summed E-state index contributed by atoms with van der Waals surface area (Å²) in [5, 5.41) is 1.57. The van der Waals surface area contributed by atoms with E-state index in [2.05, 4.69) is 4.98 Å². The Bertz CT molecular complexity index is 679. The van der Waals surface area contributed by atoms with Crippen molar-refractivity contribution in [2.24, 2.45) is 5.73 Å². The topological polar surface area (TPSA) is 59.2 Å². The molecule has 0 saturated heterocycles. The quantitative estimate of drug-likeness (QED) is 0.911. The largest absolute Gasteiger partial charge is 0.333 e. The number of carbonyl (C=O) groups excluding carboxylic acids is 1. The summed E-state index contributed by atoms with van der Waals surface area (Å²) < 4.78 is 0. The molecule has 1 saturated carbocycles. The zero-order valence-corrected chi connectivity index (χ0v) is 14.0. The van der Waals surface area contributed by atoms with Gasteiger partial charge in [0.2, 0.25) is 0 Å². The van der Waals surface area contributed by atoms with Crippen molar-refractivity contribution >= 4 is 28.8 Å². The van der Waals surface area contributed by atoms with Gasteiger partial charge in [0.1, 0.15) is 5.69 Å². The fraction of sp³-hybridized carbons (Fsp3) is 0.375. The molecule has 1 amide bonds. The van der Waals surface area contributed by atoms with E-state index in [9.17, 15) is 4.79 Å². The van der Waals surface area contributed by atoms with E-state index >= 15 is 0 Å². The van der Waals surface area contributed by atoms with Gasteiger partial charge < -0.3 is 10.6 Å². The Morgan fingerprint density at radius 3 is 2.68 bits per heavy atom. The van der Waals surface area contributed by atoms with Gasteiger partial charge >= 0.3 is 0 Å². The van der Waals surface area contributed by atoms with Crippen LogP contribution in [0.25, 0.3) is 10.4 Å². The Morgan fingerprint density at radius 2 is 2.09 bits per heavy atom. The summed E-state index contributed by atoms with van der Waals surface area (Å²) in [7, 11) is 0. The summed E-state index contributed by atoms with van der Waals surface area (Å²) in [6.07, 6.45) is 2.12. The lowest BCUT2D eigenvalue weighted by Crippen LogP contribution is -2.37. The van der Waals surface area contributed by atoms with Crippen LogP contribution in [0, 0.1) is 6.92 Å². The van der Waals surface area contributed by atoms with Crippen LogP contribution in [0.5, 0.6) is 0 Å². The molecule has 0 bridgehead atoms. The highest BCUT2D eigenvalue weighted by Crippen LogP contribution is 2.34. The first-order valence-corrected chi connectivity index (χ1v) is 8.54. The number of aromatic nitrogens is 1. The molecule has 4 nitrogen and oxygen atoms in total. The predicted molar refractivity (Wildman–Crippen MR) is 90.4 cm³/mol. The first kappa shape index (κ1) is 15.5. The molecule has 3 rings (SSSR count). The molecule has 1 aromatic heterocycles. The molecule has 116 valence electrons. The average molecular weight is 336 g/mol. The third kappa shape index (κ3) is 3.16. The van der Waals surface area contributed by atoms with E-state index < -0.39 is 0 Å². The first-order valence-electron chi connectivity index (χ1n) is 7.34. The van der Waals surface area contributed by atoms with Crippen molar-refractivity contribution in [1.29, 1.82) is 0 Å². The van der Waals surface area contributed by atoms with E-state index in [1.165, 1.54) is 11.3 Å². The number of hydrogen-bond acceptors (Lipinski definition) is 4. The Morgan fingerprint density at radius 1 is 1.41 bits per heavy atom. The zero-order valence-electron chi connectivity index (χ0n) is 12.4. The number of nitrogens with zero attached hydrogens (tertiary/aromatic N) is 2. The number of thiazole rings is 1. The molecule has 0 aliphatic heterocycles. The summed E-state index contributed by atoms with van der Waals surface area (Å²) in [6, 6.07) is 7.85. The van der Waals surface area contributed by atoms with Gasteiger partial charge in [-0.15, -0.1) is 11.3 Å². The fourth-order valence-corrected chi connectivity index (χ4v) is 3.52. The number of nitrogens with two attached hydrogens (primary N) is 1. The van der Waals surface area contributed by atoms with Gasteiger partial charge in [0.15, 0.2) is 0 Å². The van der Waals surface area contributed by atoms with E-state index in [1.54, 1.807) is 0 Å². The number of halogens is 1. The second-order valence-corrected chi connectivity index (χ2v) is 7.08. The summed E-state index contributed by atoms with van der Waals surface area (Å²) in [6.45, 7) is 2.98. The molecule has 1 heterocycles. The van der Waals surface area contributed by atoms with Gasteiger partial charge in [0.05, 0.1) is 9.88 Å². The number of rotatable bonds is 5. The van der Waals surface area contributed by atoms with Crippen LogP contribution in [0.15, 0.2) is 24.3 Å². The van der Waals surface area contributed by atoms with Gasteiger partial charge in [-0.25, -0.2) is 4.98 Å². The van der Waals surface area contributed by atoms with Gasteiger partial charge in [0.25, 0.3) is 5.91 Å².